The van der Waals surface area contributed by atoms with E-state index in [0.29, 0.717) is 5.41 Å². The van der Waals surface area contributed by atoms with E-state index in [1.165, 1.54) is 63.4 Å². The van der Waals surface area contributed by atoms with Gasteiger partial charge in [0.05, 0.1) is 4.75 Å². The molecule has 0 spiro atoms. The van der Waals surface area contributed by atoms with E-state index in [-0.39, 0.29) is 10.2 Å². The molecule has 3 unspecified atom stereocenters. The molecular weight excluding hydrogens is 374 g/mol. The van der Waals surface area contributed by atoms with Crippen LogP contribution in [-0.2, 0) is 11.0 Å². The maximum absolute atomic E-state index is 12.7. The predicted octanol–water partition coefficient (Wildman–Crippen LogP) is 8.31. The van der Waals surface area contributed by atoms with Crippen molar-refractivity contribution in [2.24, 2.45) is 16.7 Å². The second-order valence-corrected chi connectivity index (χ2v) is 13.8. The summed E-state index contributed by atoms with van der Waals surface area (Å²) in [5, 5.41) is 0. The van der Waals surface area contributed by atoms with Crippen molar-refractivity contribution in [3.63, 3.8) is 0 Å². The third-order valence-corrected chi connectivity index (χ3v) is 8.65. The molecule has 3 heteroatoms. The summed E-state index contributed by atoms with van der Waals surface area (Å²) >= 11 is 0. The SMILES string of the molecule is CCCC(C)C1(C)CCCCCCC/C(=C(\C)NS(=O)C(C)(C)C)CC(C)(C)C1. The minimum Gasteiger partial charge on any atom is -0.309 e. The molecule has 172 valence electrons. The lowest BCUT2D eigenvalue weighted by Gasteiger charge is -2.43. The van der Waals surface area contributed by atoms with Crippen molar-refractivity contribution in [2.75, 3.05) is 0 Å². The van der Waals surface area contributed by atoms with E-state index in [1.807, 2.05) is 20.8 Å². The van der Waals surface area contributed by atoms with Crippen LogP contribution in [0.1, 0.15) is 133 Å². The zero-order chi connectivity index (χ0) is 22.3. The Labute approximate surface area is 185 Å². The molecule has 0 aliphatic heterocycles. The first-order valence-electron chi connectivity index (χ1n) is 12.2. The van der Waals surface area contributed by atoms with Crippen LogP contribution in [0.25, 0.3) is 0 Å². The van der Waals surface area contributed by atoms with Gasteiger partial charge in [0.15, 0.2) is 0 Å². The molecule has 29 heavy (non-hydrogen) atoms. The molecule has 1 saturated carbocycles. The van der Waals surface area contributed by atoms with Crippen LogP contribution < -0.4 is 4.72 Å². The average molecular weight is 426 g/mol. The Morgan fingerprint density at radius 3 is 2.28 bits per heavy atom. The molecule has 0 heterocycles. The number of hydrogen-bond donors (Lipinski definition) is 1. The van der Waals surface area contributed by atoms with Crippen LogP contribution in [0.15, 0.2) is 11.3 Å². The quantitative estimate of drug-likeness (QED) is 0.471. The molecule has 3 atom stereocenters. The van der Waals surface area contributed by atoms with Gasteiger partial charge >= 0.3 is 0 Å². The summed E-state index contributed by atoms with van der Waals surface area (Å²) in [5.74, 6) is 0.773. The van der Waals surface area contributed by atoms with E-state index in [9.17, 15) is 4.21 Å². The summed E-state index contributed by atoms with van der Waals surface area (Å²) in [5.41, 5.74) is 3.34. The molecule has 0 aromatic rings. The lowest BCUT2D eigenvalue weighted by atomic mass is 9.62. The van der Waals surface area contributed by atoms with Crippen molar-refractivity contribution in [2.45, 2.75) is 138 Å². The maximum atomic E-state index is 12.7. The van der Waals surface area contributed by atoms with Gasteiger partial charge in [0.25, 0.3) is 0 Å². The second-order valence-electron chi connectivity index (χ2n) is 11.8. The highest BCUT2D eigenvalue weighted by Gasteiger charge is 2.37. The molecule has 2 nitrogen and oxygen atoms in total. The summed E-state index contributed by atoms with van der Waals surface area (Å²) in [7, 11) is -1.05. The summed E-state index contributed by atoms with van der Waals surface area (Å²) < 4.78 is 15.8. The first kappa shape index (κ1) is 26.7. The Morgan fingerprint density at radius 2 is 1.69 bits per heavy atom. The van der Waals surface area contributed by atoms with Gasteiger partial charge in [-0.25, -0.2) is 4.21 Å². The van der Waals surface area contributed by atoms with E-state index in [4.69, 9.17) is 0 Å². The molecule has 0 radical (unpaired) electrons. The molecule has 1 fully saturated rings. The fourth-order valence-corrected chi connectivity index (χ4v) is 5.92. The smallest absolute Gasteiger partial charge is 0.122 e. The molecule has 0 amide bonds. The Morgan fingerprint density at radius 1 is 1.10 bits per heavy atom. The summed E-state index contributed by atoms with van der Waals surface area (Å²) in [4.78, 5) is 0. The van der Waals surface area contributed by atoms with Crippen LogP contribution in [0, 0.1) is 16.7 Å². The Kier molecular flexibility index (Phi) is 10.5. The number of allylic oxidation sites excluding steroid dienone is 2. The molecule has 1 rings (SSSR count). The van der Waals surface area contributed by atoms with Gasteiger partial charge in [0.2, 0.25) is 0 Å². The standard InChI is InChI=1S/C26H51NOS/c1-10-16-21(2)26(9)18-15-13-11-12-14-17-23(19-25(7,8)20-26)22(3)27-29(28)24(4,5)6/h21,27H,10-20H2,1-9H3/b23-22-. The van der Waals surface area contributed by atoms with Crippen molar-refractivity contribution < 1.29 is 4.21 Å². The van der Waals surface area contributed by atoms with Crippen LogP contribution in [0.2, 0.25) is 0 Å². The number of nitrogens with one attached hydrogen (secondary N) is 1. The lowest BCUT2D eigenvalue weighted by Crippen LogP contribution is -2.34. The van der Waals surface area contributed by atoms with Crippen LogP contribution in [0.3, 0.4) is 0 Å². The summed E-state index contributed by atoms with van der Waals surface area (Å²) in [6.45, 7) is 20.6. The molecule has 0 aromatic heterocycles. The highest BCUT2D eigenvalue weighted by atomic mass is 32.2. The molecule has 0 aromatic carbocycles. The molecular formula is C26H51NOS. The molecule has 0 saturated heterocycles. The average Bonchev–Trinajstić information content (AvgIpc) is 2.57. The van der Waals surface area contributed by atoms with Crippen molar-refractivity contribution in [1.29, 1.82) is 0 Å². The van der Waals surface area contributed by atoms with Crippen molar-refractivity contribution >= 4 is 11.0 Å². The zero-order valence-corrected chi connectivity index (χ0v) is 22.0. The molecule has 0 bridgehead atoms. The van der Waals surface area contributed by atoms with Crippen molar-refractivity contribution in [3.8, 4) is 0 Å². The lowest BCUT2D eigenvalue weighted by molar-refractivity contribution is 0.0881. The topological polar surface area (TPSA) is 29.1 Å². The third-order valence-electron chi connectivity index (χ3n) is 7.04. The van der Waals surface area contributed by atoms with Gasteiger partial charge in [-0.3, -0.25) is 0 Å². The molecule has 1 aliphatic rings. The first-order chi connectivity index (χ1) is 13.3. The van der Waals surface area contributed by atoms with Gasteiger partial charge in [-0.05, 0) is 76.5 Å². The largest absolute Gasteiger partial charge is 0.309 e. The van der Waals surface area contributed by atoms with Gasteiger partial charge in [-0.2, -0.15) is 0 Å². The minimum atomic E-state index is -1.05. The second kappa shape index (κ2) is 11.3. The highest BCUT2D eigenvalue weighted by molar-refractivity contribution is 7.84. The van der Waals surface area contributed by atoms with Crippen molar-refractivity contribution in [1.82, 2.24) is 4.72 Å². The van der Waals surface area contributed by atoms with Crippen LogP contribution in [-0.4, -0.2) is 8.96 Å². The fraction of sp³-hybridized carbons (Fsp3) is 0.923. The van der Waals surface area contributed by atoms with Gasteiger partial charge in [0, 0.05) is 5.70 Å². The Hall–Kier alpha value is -0.310. The normalized spacial score (nSPS) is 28.6. The van der Waals surface area contributed by atoms with E-state index >= 15 is 0 Å². The fourth-order valence-electron chi connectivity index (χ4n) is 5.19. The van der Waals surface area contributed by atoms with Gasteiger partial charge in [0.1, 0.15) is 11.0 Å². The van der Waals surface area contributed by atoms with Gasteiger partial charge in [-0.1, -0.05) is 78.7 Å². The summed E-state index contributed by atoms with van der Waals surface area (Å²) in [6.07, 6.45) is 14.2. The van der Waals surface area contributed by atoms with Crippen molar-refractivity contribution in [3.05, 3.63) is 11.3 Å². The van der Waals surface area contributed by atoms with Gasteiger partial charge < -0.3 is 4.72 Å². The Balaban J connectivity index is 3.13. The van der Waals surface area contributed by atoms with Gasteiger partial charge in [-0.15, -0.1) is 0 Å². The zero-order valence-electron chi connectivity index (χ0n) is 21.2. The monoisotopic (exact) mass is 425 g/mol. The number of rotatable bonds is 5. The van der Waals surface area contributed by atoms with Crippen LogP contribution in [0.5, 0.6) is 0 Å². The van der Waals surface area contributed by atoms with E-state index in [1.54, 1.807) is 0 Å². The maximum Gasteiger partial charge on any atom is 0.122 e. The van der Waals surface area contributed by atoms with E-state index in [2.05, 4.69) is 46.3 Å². The van der Waals surface area contributed by atoms with E-state index < -0.39 is 11.0 Å². The minimum absolute atomic E-state index is 0.239. The third kappa shape index (κ3) is 9.15. The van der Waals surface area contributed by atoms with Crippen LogP contribution in [0.4, 0.5) is 0 Å². The molecule has 1 aliphatic carbocycles. The highest BCUT2D eigenvalue weighted by Crippen LogP contribution is 2.48. The predicted molar refractivity (Wildman–Crippen MR) is 131 cm³/mol. The first-order valence-corrected chi connectivity index (χ1v) is 13.3. The molecule has 1 N–H and O–H groups in total. The van der Waals surface area contributed by atoms with Crippen LogP contribution >= 0.6 is 0 Å². The summed E-state index contributed by atoms with van der Waals surface area (Å²) in [6, 6.07) is 0. The Bertz CT molecular complexity index is 558. The number of hydrogen-bond acceptors (Lipinski definition) is 1. The van der Waals surface area contributed by atoms with E-state index in [0.717, 1.165) is 24.5 Å².